The quantitative estimate of drug-likeness (QED) is 0.456. The van der Waals surface area contributed by atoms with Crippen LogP contribution in [-0.4, -0.2) is 55.1 Å². The summed E-state index contributed by atoms with van der Waals surface area (Å²) < 4.78 is 0. The molecule has 2 rings (SSSR count). The molecule has 1 aromatic rings. The standard InChI is InChI=1S/C21H27N5O3/c1-25(2)21(29)20-16(14-27)9-6-12-26(20)13-19(28)24-18(23)11-10-17(22)15-7-4-3-5-8-15/h3-5,7-8,10-11,14H,6,9,12-13,22-23H2,1-2H3,(H,24,28)/b17-10-,18-11+. The van der Waals surface area contributed by atoms with Gasteiger partial charge in [0, 0.05) is 31.9 Å². The van der Waals surface area contributed by atoms with Crippen LogP contribution in [0, 0.1) is 0 Å². The fraction of sp³-hybridized carbons (Fsp3) is 0.286. The van der Waals surface area contributed by atoms with Gasteiger partial charge >= 0.3 is 0 Å². The van der Waals surface area contributed by atoms with Crippen LogP contribution in [0.1, 0.15) is 18.4 Å². The highest BCUT2D eigenvalue weighted by Gasteiger charge is 2.28. The SMILES string of the molecule is CN(C)C(=O)C1=C(C=O)CCCN1CC(=O)N/C(N)=C/C=C(\N)c1ccccc1. The fourth-order valence-corrected chi connectivity index (χ4v) is 2.97. The summed E-state index contributed by atoms with van der Waals surface area (Å²) in [6, 6.07) is 9.37. The third-order valence-electron chi connectivity index (χ3n) is 4.41. The molecule has 8 nitrogen and oxygen atoms in total. The van der Waals surface area contributed by atoms with Crippen molar-refractivity contribution < 1.29 is 14.4 Å². The highest BCUT2D eigenvalue weighted by Crippen LogP contribution is 2.22. The number of nitrogens with zero attached hydrogens (tertiary/aromatic N) is 2. The Morgan fingerprint density at radius 3 is 2.48 bits per heavy atom. The summed E-state index contributed by atoms with van der Waals surface area (Å²) in [5.41, 5.74) is 13.9. The maximum Gasteiger partial charge on any atom is 0.270 e. The van der Waals surface area contributed by atoms with Gasteiger partial charge in [-0.3, -0.25) is 14.4 Å². The second-order valence-electron chi connectivity index (χ2n) is 6.87. The predicted molar refractivity (Wildman–Crippen MR) is 112 cm³/mol. The molecule has 0 aliphatic carbocycles. The van der Waals surface area contributed by atoms with Gasteiger partial charge in [-0.05, 0) is 30.6 Å². The van der Waals surface area contributed by atoms with Gasteiger partial charge in [0.05, 0.1) is 6.54 Å². The topological polar surface area (TPSA) is 122 Å². The molecule has 0 unspecified atom stereocenters. The summed E-state index contributed by atoms with van der Waals surface area (Å²) in [5.74, 6) is -0.561. The molecule has 8 heteroatoms. The van der Waals surface area contributed by atoms with E-state index in [4.69, 9.17) is 11.5 Å². The number of carbonyl (C=O) groups is 3. The minimum Gasteiger partial charge on any atom is -0.398 e. The lowest BCUT2D eigenvalue weighted by Crippen LogP contribution is -2.44. The predicted octanol–water partition coefficient (Wildman–Crippen LogP) is 0.540. The zero-order chi connectivity index (χ0) is 21.4. The van der Waals surface area contributed by atoms with E-state index in [0.29, 0.717) is 36.9 Å². The van der Waals surface area contributed by atoms with Gasteiger partial charge in [-0.1, -0.05) is 30.3 Å². The molecule has 1 aromatic carbocycles. The van der Waals surface area contributed by atoms with Crippen LogP contribution >= 0.6 is 0 Å². The summed E-state index contributed by atoms with van der Waals surface area (Å²) in [7, 11) is 3.21. The van der Waals surface area contributed by atoms with E-state index in [1.807, 2.05) is 30.3 Å². The van der Waals surface area contributed by atoms with Crippen LogP contribution in [-0.2, 0) is 14.4 Å². The summed E-state index contributed by atoms with van der Waals surface area (Å²) in [6.45, 7) is 0.419. The largest absolute Gasteiger partial charge is 0.398 e. The monoisotopic (exact) mass is 397 g/mol. The Balaban J connectivity index is 2.07. The number of aldehydes is 1. The number of amides is 2. The van der Waals surface area contributed by atoms with Crippen molar-refractivity contribution in [2.24, 2.45) is 11.5 Å². The molecule has 0 aromatic heterocycles. The Bertz CT molecular complexity index is 856. The molecule has 1 heterocycles. The van der Waals surface area contributed by atoms with Crippen molar-refractivity contribution in [3.63, 3.8) is 0 Å². The lowest BCUT2D eigenvalue weighted by molar-refractivity contribution is -0.127. The van der Waals surface area contributed by atoms with Gasteiger partial charge in [-0.2, -0.15) is 0 Å². The fourth-order valence-electron chi connectivity index (χ4n) is 2.97. The van der Waals surface area contributed by atoms with Crippen LogP contribution in [0.15, 0.2) is 59.6 Å². The van der Waals surface area contributed by atoms with Crippen LogP contribution in [0.3, 0.4) is 0 Å². The van der Waals surface area contributed by atoms with E-state index < -0.39 is 0 Å². The van der Waals surface area contributed by atoms with Gasteiger partial charge < -0.3 is 26.6 Å². The van der Waals surface area contributed by atoms with Crippen molar-refractivity contribution in [2.75, 3.05) is 27.2 Å². The summed E-state index contributed by atoms with van der Waals surface area (Å²) in [5, 5.41) is 2.58. The van der Waals surface area contributed by atoms with Gasteiger partial charge in [-0.25, -0.2) is 0 Å². The second-order valence-corrected chi connectivity index (χ2v) is 6.87. The van der Waals surface area contributed by atoms with E-state index in [9.17, 15) is 14.4 Å². The van der Waals surface area contributed by atoms with Crippen LogP contribution in [0.2, 0.25) is 0 Å². The molecule has 0 atom stereocenters. The molecule has 29 heavy (non-hydrogen) atoms. The lowest BCUT2D eigenvalue weighted by Gasteiger charge is -2.32. The van der Waals surface area contributed by atoms with Crippen molar-refractivity contribution in [3.8, 4) is 0 Å². The number of nitrogens with one attached hydrogen (secondary N) is 1. The lowest BCUT2D eigenvalue weighted by atomic mass is 10.0. The average Bonchev–Trinajstić information content (AvgIpc) is 2.71. The van der Waals surface area contributed by atoms with E-state index in [-0.39, 0.29) is 29.9 Å². The number of nitrogens with two attached hydrogens (primary N) is 2. The number of carbonyl (C=O) groups excluding carboxylic acids is 3. The Kier molecular flexibility index (Phi) is 7.59. The van der Waals surface area contributed by atoms with Crippen molar-refractivity contribution in [1.82, 2.24) is 15.1 Å². The summed E-state index contributed by atoms with van der Waals surface area (Å²) >= 11 is 0. The van der Waals surface area contributed by atoms with Gasteiger partial charge in [0.2, 0.25) is 5.91 Å². The van der Waals surface area contributed by atoms with Gasteiger partial charge in [0.25, 0.3) is 5.91 Å². The molecule has 0 radical (unpaired) electrons. The molecule has 154 valence electrons. The summed E-state index contributed by atoms with van der Waals surface area (Å²) in [4.78, 5) is 39.3. The first-order valence-corrected chi connectivity index (χ1v) is 9.26. The molecule has 0 saturated carbocycles. The van der Waals surface area contributed by atoms with Gasteiger partial charge in [0.1, 0.15) is 17.8 Å². The molecular weight excluding hydrogens is 370 g/mol. The van der Waals surface area contributed by atoms with Gasteiger partial charge in [0.15, 0.2) is 0 Å². The van der Waals surface area contributed by atoms with E-state index in [1.54, 1.807) is 25.1 Å². The third kappa shape index (κ3) is 5.97. The number of likely N-dealkylation sites (N-methyl/N-ethyl adjacent to an activating group) is 1. The maximum atomic E-state index is 12.5. The molecule has 2 amide bonds. The number of benzene rings is 1. The first kappa shape index (κ1) is 21.7. The molecule has 0 saturated heterocycles. The average molecular weight is 397 g/mol. The Hall–Kier alpha value is -3.55. The van der Waals surface area contributed by atoms with E-state index in [0.717, 1.165) is 5.56 Å². The van der Waals surface area contributed by atoms with Crippen molar-refractivity contribution in [1.29, 1.82) is 0 Å². The zero-order valence-electron chi connectivity index (χ0n) is 16.7. The normalized spacial score (nSPS) is 15.2. The first-order chi connectivity index (χ1) is 13.8. The van der Waals surface area contributed by atoms with E-state index >= 15 is 0 Å². The summed E-state index contributed by atoms with van der Waals surface area (Å²) in [6.07, 6.45) is 5.01. The van der Waals surface area contributed by atoms with Crippen molar-refractivity contribution in [3.05, 3.63) is 65.1 Å². The molecule has 0 fully saturated rings. The zero-order valence-corrected chi connectivity index (χ0v) is 16.7. The van der Waals surface area contributed by atoms with Crippen LogP contribution in [0.5, 0.6) is 0 Å². The Morgan fingerprint density at radius 1 is 1.17 bits per heavy atom. The Morgan fingerprint density at radius 2 is 1.86 bits per heavy atom. The number of rotatable bonds is 7. The minimum atomic E-state index is -0.387. The molecule has 1 aliphatic heterocycles. The second kappa shape index (κ2) is 10.1. The van der Waals surface area contributed by atoms with Crippen LogP contribution in [0.4, 0.5) is 0 Å². The highest BCUT2D eigenvalue weighted by atomic mass is 16.2. The molecular formula is C21H27N5O3. The number of hydrogen-bond acceptors (Lipinski definition) is 6. The van der Waals surface area contributed by atoms with E-state index in [2.05, 4.69) is 5.32 Å². The molecule has 5 N–H and O–H groups in total. The number of hydrogen-bond donors (Lipinski definition) is 3. The van der Waals surface area contributed by atoms with Crippen molar-refractivity contribution in [2.45, 2.75) is 12.8 Å². The molecule has 1 aliphatic rings. The van der Waals surface area contributed by atoms with Gasteiger partial charge in [-0.15, -0.1) is 0 Å². The third-order valence-corrected chi connectivity index (χ3v) is 4.41. The smallest absolute Gasteiger partial charge is 0.270 e. The minimum absolute atomic E-state index is 0.0846. The Labute approximate surface area is 170 Å². The molecule has 0 spiro atoms. The van der Waals surface area contributed by atoms with E-state index in [1.165, 1.54) is 11.0 Å². The maximum absolute atomic E-state index is 12.5. The first-order valence-electron chi connectivity index (χ1n) is 9.26. The highest BCUT2D eigenvalue weighted by molar-refractivity contribution is 5.99. The number of allylic oxidation sites excluding steroid dienone is 3. The van der Waals surface area contributed by atoms with Crippen LogP contribution < -0.4 is 16.8 Å². The van der Waals surface area contributed by atoms with Crippen molar-refractivity contribution >= 4 is 23.8 Å². The molecule has 0 bridgehead atoms. The van der Waals surface area contributed by atoms with Crippen LogP contribution in [0.25, 0.3) is 5.70 Å².